The minimum Gasteiger partial charge on any atom is -0.485 e. The van der Waals surface area contributed by atoms with Crippen molar-refractivity contribution in [2.75, 3.05) is 26.0 Å². The fraction of sp³-hybridized carbons (Fsp3) is 0.273. The standard InChI is InChI=1S/C22H23N5O3S/c1-29-14-13-27-20(25-26-22(27)31-16-21(28)24-12-11-23)15-30-19-10-6-5-9-18(19)17-7-3-2-4-8-17/h2-10H,12-16H2,1H3,(H,24,28). The van der Waals surface area contributed by atoms with Gasteiger partial charge in [-0.25, -0.2) is 0 Å². The number of hydrogen-bond donors (Lipinski definition) is 1. The van der Waals surface area contributed by atoms with Gasteiger partial charge in [-0.2, -0.15) is 5.26 Å². The van der Waals surface area contributed by atoms with Crippen LogP contribution in [0.25, 0.3) is 11.1 Å². The number of methoxy groups -OCH3 is 1. The molecule has 3 aromatic rings. The maximum Gasteiger partial charge on any atom is 0.231 e. The molecule has 2 aromatic carbocycles. The highest BCUT2D eigenvalue weighted by Crippen LogP contribution is 2.30. The van der Waals surface area contributed by atoms with Crippen molar-refractivity contribution < 1.29 is 14.3 Å². The molecule has 31 heavy (non-hydrogen) atoms. The summed E-state index contributed by atoms with van der Waals surface area (Å²) in [5, 5.41) is 20.1. The number of amides is 1. The number of rotatable bonds is 11. The van der Waals surface area contributed by atoms with Gasteiger partial charge in [-0.15, -0.1) is 10.2 Å². The van der Waals surface area contributed by atoms with E-state index in [0.29, 0.717) is 24.1 Å². The van der Waals surface area contributed by atoms with Crippen molar-refractivity contribution in [3.63, 3.8) is 0 Å². The van der Waals surface area contributed by atoms with Crippen LogP contribution in [-0.2, 0) is 22.7 Å². The molecule has 1 aromatic heterocycles. The van der Waals surface area contributed by atoms with Crippen LogP contribution in [-0.4, -0.2) is 46.7 Å². The Hall–Kier alpha value is -3.35. The van der Waals surface area contributed by atoms with Crippen LogP contribution in [0.3, 0.4) is 0 Å². The van der Waals surface area contributed by atoms with Crippen molar-refractivity contribution in [2.24, 2.45) is 0 Å². The second-order valence-electron chi connectivity index (χ2n) is 6.42. The van der Waals surface area contributed by atoms with Gasteiger partial charge in [0.2, 0.25) is 5.91 Å². The lowest BCUT2D eigenvalue weighted by molar-refractivity contribution is -0.118. The van der Waals surface area contributed by atoms with Gasteiger partial charge in [-0.1, -0.05) is 60.3 Å². The number of nitrogens with zero attached hydrogens (tertiary/aromatic N) is 4. The smallest absolute Gasteiger partial charge is 0.231 e. The van der Waals surface area contributed by atoms with Crippen LogP contribution in [0.5, 0.6) is 5.75 Å². The van der Waals surface area contributed by atoms with E-state index in [0.717, 1.165) is 16.9 Å². The van der Waals surface area contributed by atoms with Gasteiger partial charge in [-0.05, 0) is 11.6 Å². The number of thioether (sulfide) groups is 1. The molecule has 8 nitrogen and oxygen atoms in total. The monoisotopic (exact) mass is 437 g/mol. The van der Waals surface area contributed by atoms with Crippen LogP contribution < -0.4 is 10.1 Å². The highest BCUT2D eigenvalue weighted by atomic mass is 32.2. The van der Waals surface area contributed by atoms with E-state index in [1.807, 2.05) is 65.2 Å². The van der Waals surface area contributed by atoms with E-state index >= 15 is 0 Å². The number of benzene rings is 2. The van der Waals surface area contributed by atoms with Gasteiger partial charge in [0.05, 0.1) is 18.4 Å². The molecule has 1 heterocycles. The molecule has 0 bridgehead atoms. The number of carbonyl (C=O) groups excluding carboxylic acids is 1. The zero-order chi connectivity index (χ0) is 21.9. The number of ether oxygens (including phenoxy) is 2. The third kappa shape index (κ3) is 6.31. The summed E-state index contributed by atoms with van der Waals surface area (Å²) in [5.74, 6) is 1.30. The fourth-order valence-corrected chi connectivity index (χ4v) is 3.66. The van der Waals surface area contributed by atoms with Crippen molar-refractivity contribution in [1.82, 2.24) is 20.1 Å². The number of carbonyl (C=O) groups is 1. The number of nitrogens with one attached hydrogen (secondary N) is 1. The van der Waals surface area contributed by atoms with Crippen LogP contribution >= 0.6 is 11.8 Å². The predicted molar refractivity (Wildman–Crippen MR) is 117 cm³/mol. The molecule has 0 atom stereocenters. The first-order valence-corrected chi connectivity index (χ1v) is 10.7. The van der Waals surface area contributed by atoms with Gasteiger partial charge >= 0.3 is 0 Å². The zero-order valence-electron chi connectivity index (χ0n) is 17.2. The lowest BCUT2D eigenvalue weighted by atomic mass is 10.1. The van der Waals surface area contributed by atoms with Crippen molar-refractivity contribution >= 4 is 17.7 Å². The maximum atomic E-state index is 11.8. The van der Waals surface area contributed by atoms with E-state index < -0.39 is 0 Å². The first kappa shape index (κ1) is 22.3. The van der Waals surface area contributed by atoms with E-state index in [4.69, 9.17) is 14.7 Å². The predicted octanol–water partition coefficient (Wildman–Crippen LogP) is 2.90. The molecule has 0 saturated carbocycles. The Labute approximate surface area is 185 Å². The van der Waals surface area contributed by atoms with Gasteiger partial charge < -0.3 is 19.4 Å². The van der Waals surface area contributed by atoms with Crippen LogP contribution in [0.15, 0.2) is 59.8 Å². The van der Waals surface area contributed by atoms with Crippen LogP contribution in [0.1, 0.15) is 5.82 Å². The molecular weight excluding hydrogens is 414 g/mol. The summed E-state index contributed by atoms with van der Waals surface area (Å²) in [6.07, 6.45) is 0. The molecule has 160 valence electrons. The Balaban J connectivity index is 1.73. The van der Waals surface area contributed by atoms with Gasteiger partial charge in [0.25, 0.3) is 0 Å². The van der Waals surface area contributed by atoms with E-state index in [2.05, 4.69) is 15.5 Å². The third-order valence-electron chi connectivity index (χ3n) is 4.34. The second kappa shape index (κ2) is 11.7. The molecule has 0 saturated heterocycles. The highest BCUT2D eigenvalue weighted by molar-refractivity contribution is 7.99. The number of para-hydroxylation sites is 1. The van der Waals surface area contributed by atoms with E-state index in [1.165, 1.54) is 11.8 Å². The second-order valence-corrected chi connectivity index (χ2v) is 7.36. The molecule has 0 aliphatic rings. The molecule has 0 radical (unpaired) electrons. The Kier molecular flexibility index (Phi) is 8.46. The topological polar surface area (TPSA) is 102 Å². The minimum atomic E-state index is -0.234. The summed E-state index contributed by atoms with van der Waals surface area (Å²) >= 11 is 1.26. The SMILES string of the molecule is COCCn1c(COc2ccccc2-c2ccccc2)nnc1SCC(=O)NCC#N. The molecule has 0 spiro atoms. The number of hydrogen-bond acceptors (Lipinski definition) is 7. The minimum absolute atomic E-state index is 0.0182. The molecule has 0 aliphatic carbocycles. The van der Waals surface area contributed by atoms with E-state index in [9.17, 15) is 4.79 Å². The van der Waals surface area contributed by atoms with Crippen molar-refractivity contribution in [1.29, 1.82) is 5.26 Å². The summed E-state index contributed by atoms with van der Waals surface area (Å²) < 4.78 is 13.2. The van der Waals surface area contributed by atoms with Crippen molar-refractivity contribution in [2.45, 2.75) is 18.3 Å². The molecule has 0 fully saturated rings. The van der Waals surface area contributed by atoms with Crippen LogP contribution in [0.4, 0.5) is 0 Å². The number of aromatic nitrogens is 3. The Morgan fingerprint density at radius 1 is 1.16 bits per heavy atom. The van der Waals surface area contributed by atoms with Gasteiger partial charge in [0, 0.05) is 19.2 Å². The lowest BCUT2D eigenvalue weighted by Crippen LogP contribution is -2.25. The Bertz CT molecular complexity index is 1030. The van der Waals surface area contributed by atoms with Gasteiger partial charge in [0.1, 0.15) is 18.9 Å². The molecule has 3 rings (SSSR count). The number of nitriles is 1. The maximum absolute atomic E-state index is 11.8. The van der Waals surface area contributed by atoms with Crippen molar-refractivity contribution in [3.8, 4) is 22.9 Å². The third-order valence-corrected chi connectivity index (χ3v) is 5.30. The van der Waals surface area contributed by atoms with Crippen LogP contribution in [0, 0.1) is 11.3 Å². The average Bonchev–Trinajstić information content (AvgIpc) is 3.20. The van der Waals surface area contributed by atoms with Gasteiger partial charge in [-0.3, -0.25) is 4.79 Å². The van der Waals surface area contributed by atoms with Crippen LogP contribution in [0.2, 0.25) is 0 Å². The normalized spacial score (nSPS) is 10.5. The van der Waals surface area contributed by atoms with E-state index in [-0.39, 0.29) is 24.8 Å². The highest BCUT2D eigenvalue weighted by Gasteiger charge is 2.15. The molecule has 0 unspecified atom stereocenters. The van der Waals surface area contributed by atoms with Gasteiger partial charge in [0.15, 0.2) is 11.0 Å². The molecular formula is C22H23N5O3S. The summed E-state index contributed by atoms with van der Waals surface area (Å²) in [6, 6.07) is 19.8. The Morgan fingerprint density at radius 3 is 2.71 bits per heavy atom. The molecule has 0 aliphatic heterocycles. The fourth-order valence-electron chi connectivity index (χ4n) is 2.85. The lowest BCUT2D eigenvalue weighted by Gasteiger charge is -2.13. The summed E-state index contributed by atoms with van der Waals surface area (Å²) in [4.78, 5) is 11.8. The summed E-state index contributed by atoms with van der Waals surface area (Å²) in [7, 11) is 1.62. The Morgan fingerprint density at radius 2 is 1.94 bits per heavy atom. The summed E-state index contributed by atoms with van der Waals surface area (Å²) in [5.41, 5.74) is 2.06. The van der Waals surface area contributed by atoms with E-state index in [1.54, 1.807) is 7.11 Å². The quantitative estimate of drug-likeness (QED) is 0.363. The molecule has 9 heteroatoms. The zero-order valence-corrected chi connectivity index (χ0v) is 18.0. The molecule has 1 amide bonds. The first-order chi connectivity index (χ1) is 15.2. The average molecular weight is 438 g/mol. The molecule has 1 N–H and O–H groups in total. The first-order valence-electron chi connectivity index (χ1n) is 9.67. The van der Waals surface area contributed by atoms with Crippen molar-refractivity contribution in [3.05, 3.63) is 60.4 Å². The largest absolute Gasteiger partial charge is 0.485 e. The summed E-state index contributed by atoms with van der Waals surface area (Å²) in [6.45, 7) is 1.21.